The van der Waals surface area contributed by atoms with Crippen LogP contribution in [0.4, 0.5) is 0 Å². The normalized spacial score (nSPS) is 10.9. The van der Waals surface area contributed by atoms with Gasteiger partial charge in [-0.1, -0.05) is 0 Å². The maximum absolute atomic E-state index is 12.3. The first-order valence-electron chi connectivity index (χ1n) is 7.81. The topological polar surface area (TPSA) is 68.6 Å². The minimum Gasteiger partial charge on any atom is -0.294 e. The maximum Gasteiger partial charge on any atom is 0.168 e. The molecular weight excluding hydrogens is 332 g/mol. The van der Waals surface area contributed by atoms with Crippen molar-refractivity contribution < 1.29 is 4.79 Å². The van der Waals surface area contributed by atoms with Crippen LogP contribution in [0.1, 0.15) is 21.1 Å². The van der Waals surface area contributed by atoms with E-state index in [1.54, 1.807) is 42.1 Å². The Morgan fingerprint density at radius 1 is 1.08 bits per heavy atom. The fourth-order valence-corrected chi connectivity index (χ4v) is 3.32. The van der Waals surface area contributed by atoms with Crippen LogP contribution in [-0.2, 0) is 6.42 Å². The van der Waals surface area contributed by atoms with Gasteiger partial charge in [0.25, 0.3) is 0 Å². The summed E-state index contributed by atoms with van der Waals surface area (Å²) in [4.78, 5) is 30.7. The van der Waals surface area contributed by atoms with E-state index >= 15 is 0 Å². The van der Waals surface area contributed by atoms with E-state index in [1.165, 1.54) is 0 Å². The average molecular weight is 346 g/mol. The summed E-state index contributed by atoms with van der Waals surface area (Å²) in [5, 5.41) is 1.96. The highest BCUT2D eigenvalue weighted by atomic mass is 32.1. The smallest absolute Gasteiger partial charge is 0.168 e. The van der Waals surface area contributed by atoms with Crippen LogP contribution >= 0.6 is 11.3 Å². The van der Waals surface area contributed by atoms with Gasteiger partial charge in [0.2, 0.25) is 0 Å². The van der Waals surface area contributed by atoms with Gasteiger partial charge < -0.3 is 0 Å². The van der Waals surface area contributed by atoms with Gasteiger partial charge in [-0.25, -0.2) is 9.97 Å². The molecule has 0 aliphatic heterocycles. The Kier molecular flexibility index (Phi) is 4.03. The van der Waals surface area contributed by atoms with Crippen molar-refractivity contribution in [1.29, 1.82) is 0 Å². The average Bonchev–Trinajstić information content (AvgIpc) is 3.08. The van der Waals surface area contributed by atoms with Crippen LogP contribution < -0.4 is 0 Å². The lowest BCUT2D eigenvalue weighted by Gasteiger charge is -2.04. The highest BCUT2D eigenvalue weighted by Crippen LogP contribution is 2.26. The number of nitrogens with zero attached hydrogens (tertiary/aromatic N) is 4. The van der Waals surface area contributed by atoms with E-state index in [9.17, 15) is 4.79 Å². The van der Waals surface area contributed by atoms with Crippen molar-refractivity contribution in [2.24, 2.45) is 0 Å². The van der Waals surface area contributed by atoms with Crippen LogP contribution in [0.5, 0.6) is 0 Å². The lowest BCUT2D eigenvalue weighted by atomic mass is 10.1. The summed E-state index contributed by atoms with van der Waals surface area (Å²) in [6, 6.07) is 9.27. The first kappa shape index (κ1) is 15.5. The van der Waals surface area contributed by atoms with Crippen molar-refractivity contribution in [1.82, 2.24) is 19.9 Å². The van der Waals surface area contributed by atoms with Crippen molar-refractivity contribution in [3.63, 3.8) is 0 Å². The number of aromatic nitrogens is 4. The number of Topliss-reactive ketones (excluding diaryl/α,β-unsaturated/α-hetero) is 1. The number of carbonyl (C=O) groups is 1. The van der Waals surface area contributed by atoms with E-state index in [1.807, 2.05) is 31.3 Å². The van der Waals surface area contributed by atoms with Crippen LogP contribution in [0.25, 0.3) is 21.5 Å². The summed E-state index contributed by atoms with van der Waals surface area (Å²) in [6.45, 7) is 1.97. The quantitative estimate of drug-likeness (QED) is 0.525. The summed E-state index contributed by atoms with van der Waals surface area (Å²) in [5.74, 6) is 0.0171. The standard InChI is InChI=1S/C19H14N4OS/c1-12-21-11-19(25-12)16-3-2-14-10-22-15(8-17(14)23-16)9-18(24)13-4-6-20-7-5-13/h2-8,10-11H,9H2,1H3. The number of fused-ring (bicyclic) bond motifs is 1. The van der Waals surface area contributed by atoms with Crippen LogP contribution in [0.2, 0.25) is 0 Å². The maximum atomic E-state index is 12.3. The van der Waals surface area contributed by atoms with Crippen LogP contribution in [0.15, 0.2) is 55.1 Å². The number of hydrogen-bond acceptors (Lipinski definition) is 6. The van der Waals surface area contributed by atoms with Gasteiger partial charge in [0.15, 0.2) is 5.78 Å². The molecule has 0 aromatic carbocycles. The molecule has 4 aromatic rings. The Morgan fingerprint density at radius 2 is 1.92 bits per heavy atom. The second-order valence-electron chi connectivity index (χ2n) is 5.64. The molecule has 0 bridgehead atoms. The van der Waals surface area contributed by atoms with Gasteiger partial charge >= 0.3 is 0 Å². The molecule has 0 saturated heterocycles. The van der Waals surface area contributed by atoms with Crippen molar-refractivity contribution in [2.75, 3.05) is 0 Å². The molecule has 122 valence electrons. The second kappa shape index (κ2) is 6.49. The number of ketones is 1. The molecule has 5 nitrogen and oxygen atoms in total. The molecule has 0 aliphatic carbocycles. The van der Waals surface area contributed by atoms with Crippen LogP contribution in [0, 0.1) is 6.92 Å². The first-order valence-corrected chi connectivity index (χ1v) is 8.62. The van der Waals surface area contributed by atoms with Crippen molar-refractivity contribution in [2.45, 2.75) is 13.3 Å². The number of thiazole rings is 1. The molecule has 4 aromatic heterocycles. The van der Waals surface area contributed by atoms with E-state index in [0.29, 0.717) is 11.3 Å². The number of rotatable bonds is 4. The summed E-state index contributed by atoms with van der Waals surface area (Å²) >= 11 is 1.61. The Labute approximate surface area is 148 Å². The van der Waals surface area contributed by atoms with Gasteiger partial charge in [0.05, 0.1) is 33.2 Å². The molecule has 6 heteroatoms. The fourth-order valence-electron chi connectivity index (χ4n) is 2.58. The Morgan fingerprint density at radius 3 is 2.68 bits per heavy atom. The van der Waals surface area contributed by atoms with Crippen molar-refractivity contribution in [3.8, 4) is 10.6 Å². The zero-order chi connectivity index (χ0) is 17.2. The summed E-state index contributed by atoms with van der Waals surface area (Å²) in [7, 11) is 0. The third-order valence-electron chi connectivity index (χ3n) is 3.85. The monoisotopic (exact) mass is 346 g/mol. The molecule has 4 heterocycles. The Hall–Kier alpha value is -2.99. The summed E-state index contributed by atoms with van der Waals surface area (Å²) in [5.41, 5.74) is 3.06. The number of aryl methyl sites for hydroxylation is 1. The van der Waals surface area contributed by atoms with Gasteiger partial charge in [-0.05, 0) is 37.3 Å². The lowest BCUT2D eigenvalue weighted by molar-refractivity contribution is 0.0992. The lowest BCUT2D eigenvalue weighted by Crippen LogP contribution is -2.05. The molecule has 0 N–H and O–H groups in total. The Bertz CT molecular complexity index is 1060. The number of pyridine rings is 3. The third kappa shape index (κ3) is 3.29. The fraction of sp³-hybridized carbons (Fsp3) is 0.105. The highest BCUT2D eigenvalue weighted by Gasteiger charge is 2.10. The van der Waals surface area contributed by atoms with E-state index in [2.05, 4.69) is 15.0 Å². The van der Waals surface area contributed by atoms with Gasteiger partial charge in [-0.2, -0.15) is 0 Å². The first-order chi connectivity index (χ1) is 12.2. The van der Waals surface area contributed by atoms with Crippen LogP contribution in [0.3, 0.4) is 0 Å². The predicted octanol–water partition coefficient (Wildman–Crippen LogP) is 3.88. The molecule has 4 rings (SSSR count). The van der Waals surface area contributed by atoms with Gasteiger partial charge in [-0.15, -0.1) is 11.3 Å². The van der Waals surface area contributed by atoms with E-state index in [4.69, 9.17) is 4.98 Å². The molecule has 0 atom stereocenters. The highest BCUT2D eigenvalue weighted by molar-refractivity contribution is 7.15. The zero-order valence-electron chi connectivity index (χ0n) is 13.5. The summed E-state index contributed by atoms with van der Waals surface area (Å²) < 4.78 is 0. The van der Waals surface area contributed by atoms with Crippen molar-refractivity contribution in [3.05, 3.63) is 71.4 Å². The van der Waals surface area contributed by atoms with Gasteiger partial charge in [-0.3, -0.25) is 14.8 Å². The molecule has 0 radical (unpaired) electrons. The molecule has 0 fully saturated rings. The van der Waals surface area contributed by atoms with Crippen LogP contribution in [-0.4, -0.2) is 25.7 Å². The Balaban J connectivity index is 1.66. The van der Waals surface area contributed by atoms with E-state index < -0.39 is 0 Å². The molecule has 25 heavy (non-hydrogen) atoms. The SMILES string of the molecule is Cc1ncc(-c2ccc3cnc(CC(=O)c4ccncc4)cc3n2)s1. The third-order valence-corrected chi connectivity index (χ3v) is 4.78. The van der Waals surface area contributed by atoms with E-state index in [0.717, 1.165) is 26.5 Å². The zero-order valence-corrected chi connectivity index (χ0v) is 14.3. The van der Waals surface area contributed by atoms with Gasteiger partial charge in [0, 0.05) is 35.7 Å². The molecule has 0 unspecified atom stereocenters. The molecule has 0 spiro atoms. The van der Waals surface area contributed by atoms with Gasteiger partial charge in [0.1, 0.15) is 0 Å². The minimum absolute atomic E-state index is 0.0171. The molecular formula is C19H14N4OS. The number of carbonyl (C=O) groups excluding carboxylic acids is 1. The molecule has 0 amide bonds. The molecule has 0 saturated carbocycles. The largest absolute Gasteiger partial charge is 0.294 e. The number of hydrogen-bond donors (Lipinski definition) is 0. The molecule has 0 aliphatic rings. The van der Waals surface area contributed by atoms with E-state index in [-0.39, 0.29) is 12.2 Å². The predicted molar refractivity (Wildman–Crippen MR) is 97.7 cm³/mol. The van der Waals surface area contributed by atoms with Crippen molar-refractivity contribution >= 4 is 28.0 Å². The minimum atomic E-state index is 0.0171. The second-order valence-corrected chi connectivity index (χ2v) is 6.88. The summed E-state index contributed by atoms with van der Waals surface area (Å²) in [6.07, 6.45) is 7.08.